The second-order valence-electron chi connectivity index (χ2n) is 13.7. The zero-order valence-corrected chi connectivity index (χ0v) is 25.9. The predicted molar refractivity (Wildman–Crippen MR) is 161 cm³/mol. The summed E-state index contributed by atoms with van der Waals surface area (Å²) in [6.07, 6.45) is -3.77. The first kappa shape index (κ1) is 31.9. The van der Waals surface area contributed by atoms with E-state index in [1.54, 1.807) is 32.9 Å². The number of aryl methyl sites for hydroxylation is 1. The number of anilines is 1. The number of H-pyrrole nitrogens is 1. The average molecular weight is 624 g/mol. The van der Waals surface area contributed by atoms with Gasteiger partial charge in [-0.05, 0) is 59.2 Å². The zero-order chi connectivity index (χ0) is 33.1. The number of nitrogens with zero attached hydrogens (tertiary/aromatic N) is 4. The SMILES string of the molecule is Cc1ccc2[nH]c(=O)c(CC(C#N)NC(=O)[C@@H]3[C@H]4[C@H](CN3C(=O)[C@@H](Nc3nccc(C(F)(F)F)n3)C(C)(C)C)C4(C)C)cc2c1. The second kappa shape index (κ2) is 11.2. The van der Waals surface area contributed by atoms with Gasteiger partial charge in [0.25, 0.3) is 5.56 Å². The number of piperidine rings is 1. The van der Waals surface area contributed by atoms with Crippen LogP contribution in [0, 0.1) is 40.9 Å². The van der Waals surface area contributed by atoms with Gasteiger partial charge in [-0.2, -0.15) is 18.4 Å². The van der Waals surface area contributed by atoms with Gasteiger partial charge in [0.15, 0.2) is 0 Å². The quantitative estimate of drug-likeness (QED) is 0.358. The third-order valence-corrected chi connectivity index (χ3v) is 9.07. The lowest BCUT2D eigenvalue weighted by atomic mass is 9.85. The first-order valence-corrected chi connectivity index (χ1v) is 14.7. The normalized spacial score (nSPS) is 21.9. The fourth-order valence-corrected chi connectivity index (χ4v) is 6.47. The predicted octanol–water partition coefficient (Wildman–Crippen LogP) is 4.21. The summed E-state index contributed by atoms with van der Waals surface area (Å²) in [5, 5.41) is 16.3. The van der Waals surface area contributed by atoms with Crippen molar-refractivity contribution in [2.24, 2.45) is 22.7 Å². The standard InChI is InChI=1S/C32H36F3N7O3/c1-16-7-8-21-17(11-16)12-18(26(43)39-21)13-19(14-36)38-27(44)24-23-20(31(23,5)6)15-42(24)28(45)25(30(2,3)4)41-29-37-10-9-22(40-29)32(33,34)35/h7-12,19-20,23-25H,13,15H2,1-6H3,(H,38,44)(H,39,43)(H,37,40,41)/t19?,20-,23+,24-,25+/m0/s1. The summed E-state index contributed by atoms with van der Waals surface area (Å²) < 4.78 is 39.9. The van der Waals surface area contributed by atoms with Crippen molar-refractivity contribution in [3.05, 3.63) is 63.7 Å². The van der Waals surface area contributed by atoms with E-state index in [1.165, 1.54) is 4.90 Å². The van der Waals surface area contributed by atoms with Crippen LogP contribution in [0.5, 0.6) is 0 Å². The van der Waals surface area contributed by atoms with Crippen LogP contribution >= 0.6 is 0 Å². The number of carbonyl (C=O) groups excluding carboxylic acids is 2. The lowest BCUT2D eigenvalue weighted by Crippen LogP contribution is -2.57. The number of pyridine rings is 1. The molecule has 2 aromatic heterocycles. The van der Waals surface area contributed by atoms with E-state index in [9.17, 15) is 32.8 Å². The van der Waals surface area contributed by atoms with E-state index < -0.39 is 47.2 Å². The molecule has 3 aromatic rings. The summed E-state index contributed by atoms with van der Waals surface area (Å²) >= 11 is 0. The van der Waals surface area contributed by atoms with E-state index in [0.717, 1.165) is 23.2 Å². The molecular weight excluding hydrogens is 587 g/mol. The minimum atomic E-state index is -4.69. The van der Waals surface area contributed by atoms with Gasteiger partial charge in [-0.3, -0.25) is 14.4 Å². The van der Waals surface area contributed by atoms with E-state index >= 15 is 0 Å². The number of alkyl halides is 3. The van der Waals surface area contributed by atoms with Crippen LogP contribution < -0.4 is 16.2 Å². The number of likely N-dealkylation sites (tertiary alicyclic amines) is 1. The monoisotopic (exact) mass is 623 g/mol. The highest BCUT2D eigenvalue weighted by Gasteiger charge is 2.69. The van der Waals surface area contributed by atoms with Crippen LogP contribution in [0.2, 0.25) is 0 Å². The van der Waals surface area contributed by atoms with E-state index in [4.69, 9.17) is 0 Å². The number of hydrogen-bond donors (Lipinski definition) is 3. The first-order valence-electron chi connectivity index (χ1n) is 14.7. The molecule has 1 saturated heterocycles. The van der Waals surface area contributed by atoms with E-state index in [1.807, 2.05) is 32.9 Å². The largest absolute Gasteiger partial charge is 0.433 e. The molecule has 45 heavy (non-hydrogen) atoms. The molecule has 2 amide bonds. The number of benzene rings is 1. The van der Waals surface area contributed by atoms with E-state index in [2.05, 4.69) is 31.7 Å². The third-order valence-electron chi connectivity index (χ3n) is 9.07. The number of fused-ring (bicyclic) bond motifs is 2. The first-order chi connectivity index (χ1) is 20.9. The molecule has 1 aromatic carbocycles. The minimum Gasteiger partial charge on any atom is -0.342 e. The highest BCUT2D eigenvalue weighted by molar-refractivity contribution is 5.93. The van der Waals surface area contributed by atoms with Gasteiger partial charge in [-0.15, -0.1) is 0 Å². The van der Waals surface area contributed by atoms with Crippen molar-refractivity contribution in [1.29, 1.82) is 5.26 Å². The molecule has 13 heteroatoms. The minimum absolute atomic E-state index is 0.0229. The van der Waals surface area contributed by atoms with Crippen LogP contribution in [0.25, 0.3) is 10.9 Å². The Bertz CT molecular complexity index is 1760. The number of aromatic amines is 1. The van der Waals surface area contributed by atoms with Gasteiger partial charge in [0, 0.05) is 30.2 Å². The molecular formula is C32H36F3N7O3. The van der Waals surface area contributed by atoms with Crippen molar-refractivity contribution in [3.63, 3.8) is 0 Å². The van der Waals surface area contributed by atoms with Crippen molar-refractivity contribution in [1.82, 2.24) is 25.2 Å². The number of amides is 2. The fraction of sp³-hybridized carbons (Fsp3) is 0.500. The Morgan fingerprint density at radius 1 is 1.20 bits per heavy atom. The molecule has 0 bridgehead atoms. The molecule has 1 aliphatic carbocycles. The van der Waals surface area contributed by atoms with Gasteiger partial charge in [0.05, 0.1) is 6.07 Å². The van der Waals surface area contributed by atoms with Crippen molar-refractivity contribution in [3.8, 4) is 6.07 Å². The lowest BCUT2D eigenvalue weighted by molar-refractivity contribution is -0.142. The fourth-order valence-electron chi connectivity index (χ4n) is 6.47. The number of nitriles is 1. The van der Waals surface area contributed by atoms with Crippen LogP contribution in [-0.2, 0) is 22.2 Å². The van der Waals surface area contributed by atoms with Crippen molar-refractivity contribution >= 4 is 28.7 Å². The number of hydrogen-bond acceptors (Lipinski definition) is 7. The van der Waals surface area contributed by atoms with Crippen LogP contribution in [0.1, 0.15) is 51.4 Å². The molecule has 3 N–H and O–H groups in total. The number of carbonyl (C=O) groups is 2. The molecule has 10 nitrogen and oxygen atoms in total. The molecule has 1 aliphatic heterocycles. The summed E-state index contributed by atoms with van der Waals surface area (Å²) in [4.78, 5) is 52.5. The van der Waals surface area contributed by atoms with Crippen LogP contribution in [-0.4, -0.2) is 56.3 Å². The molecule has 0 spiro atoms. The van der Waals surface area contributed by atoms with Gasteiger partial charge < -0.3 is 20.5 Å². The lowest BCUT2D eigenvalue weighted by Gasteiger charge is -2.37. The van der Waals surface area contributed by atoms with Gasteiger partial charge in [0.2, 0.25) is 17.8 Å². The molecule has 5 atom stereocenters. The molecule has 1 unspecified atom stereocenters. The van der Waals surface area contributed by atoms with Gasteiger partial charge in [-0.25, -0.2) is 9.97 Å². The zero-order valence-electron chi connectivity index (χ0n) is 25.9. The van der Waals surface area contributed by atoms with Crippen molar-refractivity contribution in [2.75, 3.05) is 11.9 Å². The Labute approximate surface area is 258 Å². The Hall–Kier alpha value is -4.47. The molecule has 5 rings (SSSR count). The summed E-state index contributed by atoms with van der Waals surface area (Å²) in [6, 6.07) is 7.09. The maximum absolute atomic E-state index is 14.1. The number of rotatable bonds is 7. The number of nitrogens with one attached hydrogen (secondary N) is 3. The molecule has 0 radical (unpaired) electrons. The van der Waals surface area contributed by atoms with E-state index in [-0.39, 0.29) is 41.7 Å². The maximum atomic E-state index is 14.1. The smallest absolute Gasteiger partial charge is 0.342 e. The van der Waals surface area contributed by atoms with Gasteiger partial charge >= 0.3 is 6.18 Å². The summed E-state index contributed by atoms with van der Waals surface area (Å²) in [5.74, 6) is -1.53. The highest BCUT2D eigenvalue weighted by Crippen LogP contribution is 2.65. The van der Waals surface area contributed by atoms with Crippen LogP contribution in [0.3, 0.4) is 0 Å². The van der Waals surface area contributed by atoms with Crippen molar-refractivity contribution in [2.45, 2.75) is 72.3 Å². The summed E-state index contributed by atoms with van der Waals surface area (Å²) in [5.41, 5.74) is -0.553. The molecule has 2 fully saturated rings. The molecule has 1 saturated carbocycles. The number of halogens is 3. The summed E-state index contributed by atoms with van der Waals surface area (Å²) in [7, 11) is 0. The summed E-state index contributed by atoms with van der Waals surface area (Å²) in [6.45, 7) is 11.5. The van der Waals surface area contributed by atoms with Gasteiger partial charge in [0.1, 0.15) is 23.8 Å². The van der Waals surface area contributed by atoms with Crippen LogP contribution in [0.4, 0.5) is 19.1 Å². The Morgan fingerprint density at radius 3 is 2.56 bits per heavy atom. The average Bonchev–Trinajstić information content (AvgIpc) is 3.26. The molecule has 2 aliphatic rings. The number of aromatic nitrogens is 3. The Kier molecular flexibility index (Phi) is 7.92. The van der Waals surface area contributed by atoms with Gasteiger partial charge in [-0.1, -0.05) is 46.2 Å². The molecule has 238 valence electrons. The molecule has 3 heterocycles. The maximum Gasteiger partial charge on any atom is 0.433 e. The van der Waals surface area contributed by atoms with Crippen LogP contribution in [0.15, 0.2) is 41.3 Å². The van der Waals surface area contributed by atoms with E-state index in [0.29, 0.717) is 11.1 Å². The van der Waals surface area contributed by atoms with Crippen molar-refractivity contribution < 1.29 is 22.8 Å². The highest BCUT2D eigenvalue weighted by atomic mass is 19.4. The second-order valence-corrected chi connectivity index (χ2v) is 13.7. The third kappa shape index (κ3) is 6.23. The Morgan fingerprint density at radius 2 is 1.91 bits per heavy atom. The Balaban J connectivity index is 1.38. The topological polar surface area (TPSA) is 144 Å².